The molecular weight excluding hydrogens is 220 g/mol. The minimum atomic E-state index is -0.583. The van der Waals surface area contributed by atoms with Crippen molar-refractivity contribution in [2.75, 3.05) is 7.11 Å². The molecule has 0 bridgehead atoms. The maximum Gasteiger partial charge on any atom is 0.309 e. The van der Waals surface area contributed by atoms with Crippen LogP contribution < -0.4 is 0 Å². The van der Waals surface area contributed by atoms with Crippen LogP contribution in [0.4, 0.5) is 0 Å². The van der Waals surface area contributed by atoms with Crippen molar-refractivity contribution in [1.82, 2.24) is 0 Å². The van der Waals surface area contributed by atoms with Gasteiger partial charge in [-0.1, -0.05) is 29.8 Å². The molecule has 0 aromatic heterocycles. The van der Waals surface area contributed by atoms with Gasteiger partial charge in [-0.2, -0.15) is 0 Å². The highest BCUT2D eigenvalue weighted by molar-refractivity contribution is 5.71. The number of esters is 2. The number of methoxy groups -OCH3 is 1. The SMILES string of the molecule is COC(=O)CC(OC(C)=O)c1ccc(C)cc1. The molecule has 4 heteroatoms. The standard InChI is InChI=1S/C13H16O4/c1-9-4-6-11(7-5-9)12(17-10(2)14)8-13(15)16-3/h4-7,12H,8H2,1-3H3. The van der Waals surface area contributed by atoms with Gasteiger partial charge >= 0.3 is 11.9 Å². The molecule has 0 spiro atoms. The molecule has 1 aromatic rings. The molecule has 1 unspecified atom stereocenters. The van der Waals surface area contributed by atoms with Gasteiger partial charge in [-0.3, -0.25) is 9.59 Å². The lowest BCUT2D eigenvalue weighted by Crippen LogP contribution is -2.14. The van der Waals surface area contributed by atoms with E-state index in [2.05, 4.69) is 4.74 Å². The van der Waals surface area contributed by atoms with Crippen molar-refractivity contribution in [1.29, 1.82) is 0 Å². The van der Waals surface area contributed by atoms with Crippen LogP contribution in [-0.4, -0.2) is 19.0 Å². The first-order valence-electron chi connectivity index (χ1n) is 5.33. The van der Waals surface area contributed by atoms with Crippen molar-refractivity contribution in [3.63, 3.8) is 0 Å². The number of rotatable bonds is 4. The minimum absolute atomic E-state index is 0.0269. The highest BCUT2D eigenvalue weighted by Gasteiger charge is 2.19. The zero-order valence-corrected chi connectivity index (χ0v) is 10.2. The molecule has 0 heterocycles. The van der Waals surface area contributed by atoms with Crippen LogP contribution in [0, 0.1) is 6.92 Å². The zero-order chi connectivity index (χ0) is 12.8. The summed E-state index contributed by atoms with van der Waals surface area (Å²) in [6.45, 7) is 3.28. The first-order valence-corrected chi connectivity index (χ1v) is 5.33. The number of carbonyl (C=O) groups excluding carboxylic acids is 2. The molecular formula is C13H16O4. The van der Waals surface area contributed by atoms with Crippen LogP contribution in [0.25, 0.3) is 0 Å². The van der Waals surface area contributed by atoms with Gasteiger partial charge in [0.05, 0.1) is 13.5 Å². The second-order valence-corrected chi connectivity index (χ2v) is 3.79. The van der Waals surface area contributed by atoms with Crippen molar-refractivity contribution in [2.24, 2.45) is 0 Å². The maximum absolute atomic E-state index is 11.2. The van der Waals surface area contributed by atoms with E-state index >= 15 is 0 Å². The number of hydrogen-bond acceptors (Lipinski definition) is 4. The van der Waals surface area contributed by atoms with Crippen LogP contribution in [-0.2, 0) is 19.1 Å². The number of ether oxygens (including phenoxy) is 2. The summed E-state index contributed by atoms with van der Waals surface area (Å²) >= 11 is 0. The molecule has 92 valence electrons. The van der Waals surface area contributed by atoms with Crippen LogP contribution in [0.15, 0.2) is 24.3 Å². The van der Waals surface area contributed by atoms with Gasteiger partial charge < -0.3 is 9.47 Å². The quantitative estimate of drug-likeness (QED) is 0.752. The average Bonchev–Trinajstić information content (AvgIpc) is 2.28. The summed E-state index contributed by atoms with van der Waals surface area (Å²) in [6, 6.07) is 7.49. The fourth-order valence-corrected chi connectivity index (χ4v) is 1.44. The van der Waals surface area contributed by atoms with Gasteiger partial charge in [0, 0.05) is 6.92 Å². The normalized spacial score (nSPS) is 11.7. The molecule has 0 saturated carbocycles. The lowest BCUT2D eigenvalue weighted by Gasteiger charge is -2.16. The van der Waals surface area contributed by atoms with Crippen molar-refractivity contribution < 1.29 is 19.1 Å². The number of aryl methyl sites for hydroxylation is 1. The van der Waals surface area contributed by atoms with E-state index in [1.165, 1.54) is 14.0 Å². The Hall–Kier alpha value is -1.84. The Bertz CT molecular complexity index is 394. The monoisotopic (exact) mass is 236 g/mol. The number of carbonyl (C=O) groups is 2. The molecule has 0 amide bonds. The Morgan fingerprint density at radius 2 is 1.82 bits per heavy atom. The molecule has 0 aliphatic rings. The summed E-state index contributed by atoms with van der Waals surface area (Å²) in [5.74, 6) is -0.823. The van der Waals surface area contributed by atoms with E-state index in [0.29, 0.717) is 0 Å². The first-order chi connectivity index (χ1) is 8.02. The van der Waals surface area contributed by atoms with Gasteiger partial charge in [-0.25, -0.2) is 0 Å². The summed E-state index contributed by atoms with van der Waals surface area (Å²) < 4.78 is 9.69. The van der Waals surface area contributed by atoms with E-state index in [1.54, 1.807) is 0 Å². The van der Waals surface area contributed by atoms with E-state index in [0.717, 1.165) is 11.1 Å². The lowest BCUT2D eigenvalue weighted by atomic mass is 10.0. The van der Waals surface area contributed by atoms with E-state index < -0.39 is 18.0 Å². The molecule has 1 aromatic carbocycles. The summed E-state index contributed by atoms with van der Waals surface area (Å²) in [4.78, 5) is 22.2. The molecule has 17 heavy (non-hydrogen) atoms. The Morgan fingerprint density at radius 1 is 1.24 bits per heavy atom. The summed E-state index contributed by atoms with van der Waals surface area (Å²) in [6.07, 6.45) is -0.556. The average molecular weight is 236 g/mol. The second-order valence-electron chi connectivity index (χ2n) is 3.79. The number of benzene rings is 1. The summed E-state index contributed by atoms with van der Waals surface area (Å²) in [5.41, 5.74) is 1.89. The molecule has 0 radical (unpaired) electrons. The second kappa shape index (κ2) is 6.03. The van der Waals surface area contributed by atoms with Crippen LogP contribution in [0.5, 0.6) is 0 Å². The Morgan fingerprint density at radius 3 is 2.29 bits per heavy atom. The summed E-state index contributed by atoms with van der Waals surface area (Å²) in [5, 5.41) is 0. The third-order valence-electron chi connectivity index (χ3n) is 2.34. The van der Waals surface area contributed by atoms with Gasteiger partial charge in [0.1, 0.15) is 6.10 Å². The molecule has 0 fully saturated rings. The maximum atomic E-state index is 11.2. The third kappa shape index (κ3) is 4.26. The first kappa shape index (κ1) is 13.2. The minimum Gasteiger partial charge on any atom is -0.469 e. The molecule has 1 atom stereocenters. The van der Waals surface area contributed by atoms with E-state index in [-0.39, 0.29) is 6.42 Å². The van der Waals surface area contributed by atoms with Gasteiger partial charge in [-0.15, -0.1) is 0 Å². The highest BCUT2D eigenvalue weighted by Crippen LogP contribution is 2.22. The third-order valence-corrected chi connectivity index (χ3v) is 2.34. The highest BCUT2D eigenvalue weighted by atomic mass is 16.6. The van der Waals surface area contributed by atoms with Crippen molar-refractivity contribution in [2.45, 2.75) is 26.4 Å². The smallest absolute Gasteiger partial charge is 0.309 e. The molecule has 1 rings (SSSR count). The van der Waals surface area contributed by atoms with E-state index in [1.807, 2.05) is 31.2 Å². The van der Waals surface area contributed by atoms with E-state index in [9.17, 15) is 9.59 Å². The topological polar surface area (TPSA) is 52.6 Å². The van der Waals surface area contributed by atoms with Gasteiger partial charge in [0.15, 0.2) is 0 Å². The Labute approximate surface area is 101 Å². The van der Waals surface area contributed by atoms with Crippen LogP contribution in [0.2, 0.25) is 0 Å². The molecule has 0 aliphatic heterocycles. The lowest BCUT2D eigenvalue weighted by molar-refractivity contribution is -0.152. The predicted molar refractivity (Wildman–Crippen MR) is 62.3 cm³/mol. The largest absolute Gasteiger partial charge is 0.469 e. The predicted octanol–water partition coefficient (Wildman–Crippen LogP) is 2.16. The fraction of sp³-hybridized carbons (Fsp3) is 0.385. The van der Waals surface area contributed by atoms with E-state index in [4.69, 9.17) is 4.74 Å². The van der Waals surface area contributed by atoms with Gasteiger partial charge in [0.25, 0.3) is 0 Å². The Balaban J connectivity index is 2.85. The van der Waals surface area contributed by atoms with Crippen LogP contribution >= 0.6 is 0 Å². The van der Waals surface area contributed by atoms with Gasteiger partial charge in [-0.05, 0) is 12.5 Å². The van der Waals surface area contributed by atoms with Crippen molar-refractivity contribution >= 4 is 11.9 Å². The Kier molecular flexibility index (Phi) is 4.69. The molecule has 4 nitrogen and oxygen atoms in total. The van der Waals surface area contributed by atoms with Gasteiger partial charge in [0.2, 0.25) is 0 Å². The summed E-state index contributed by atoms with van der Waals surface area (Å²) in [7, 11) is 1.31. The molecule has 0 aliphatic carbocycles. The van der Waals surface area contributed by atoms with Crippen LogP contribution in [0.1, 0.15) is 30.6 Å². The fourth-order valence-electron chi connectivity index (χ4n) is 1.44. The number of hydrogen-bond donors (Lipinski definition) is 0. The molecule has 0 N–H and O–H groups in total. The zero-order valence-electron chi connectivity index (χ0n) is 10.2. The van der Waals surface area contributed by atoms with Crippen molar-refractivity contribution in [3.8, 4) is 0 Å². The van der Waals surface area contributed by atoms with Crippen molar-refractivity contribution in [3.05, 3.63) is 35.4 Å². The molecule has 0 saturated heterocycles. The van der Waals surface area contributed by atoms with Crippen LogP contribution in [0.3, 0.4) is 0 Å².